The van der Waals surface area contributed by atoms with Gasteiger partial charge in [0.15, 0.2) is 11.6 Å². The van der Waals surface area contributed by atoms with Crippen molar-refractivity contribution in [2.75, 3.05) is 18.4 Å². The molecule has 31 heavy (non-hydrogen) atoms. The van der Waals surface area contributed by atoms with Crippen LogP contribution in [0, 0.1) is 0 Å². The van der Waals surface area contributed by atoms with Crippen LogP contribution in [0.1, 0.15) is 48.8 Å². The highest BCUT2D eigenvalue weighted by atomic mass is 16.2. The predicted molar refractivity (Wildman–Crippen MR) is 120 cm³/mol. The maximum atomic E-state index is 12.7. The van der Waals surface area contributed by atoms with E-state index in [4.69, 9.17) is 4.98 Å². The lowest BCUT2D eigenvalue weighted by molar-refractivity contribution is -0.121. The topological polar surface area (TPSA) is 91.0 Å². The second kappa shape index (κ2) is 9.22. The lowest BCUT2D eigenvalue weighted by Gasteiger charge is -2.34. The molecule has 4 rings (SSSR count). The number of aromatic amines is 1. The second-order valence-corrected chi connectivity index (χ2v) is 8.02. The zero-order valence-electron chi connectivity index (χ0n) is 17.8. The fraction of sp³-hybridized carbons (Fsp3) is 0.333. The van der Waals surface area contributed by atoms with E-state index in [2.05, 4.69) is 20.4 Å². The van der Waals surface area contributed by atoms with Gasteiger partial charge in [-0.05, 0) is 64.0 Å². The van der Waals surface area contributed by atoms with E-state index in [9.17, 15) is 9.59 Å². The minimum atomic E-state index is -0.233. The number of piperidine rings is 1. The van der Waals surface area contributed by atoms with Gasteiger partial charge in [0, 0.05) is 22.7 Å². The van der Waals surface area contributed by atoms with Gasteiger partial charge in [0.05, 0.1) is 6.04 Å². The zero-order valence-corrected chi connectivity index (χ0v) is 17.8. The van der Waals surface area contributed by atoms with Crippen molar-refractivity contribution < 1.29 is 9.59 Å². The Morgan fingerprint density at radius 1 is 1.06 bits per heavy atom. The number of nitrogens with one attached hydrogen (secondary N) is 2. The Labute approximate surface area is 181 Å². The molecule has 7 nitrogen and oxygen atoms in total. The Kier molecular flexibility index (Phi) is 6.23. The summed E-state index contributed by atoms with van der Waals surface area (Å²) in [5.41, 5.74) is 2.34. The third-order valence-corrected chi connectivity index (χ3v) is 5.94. The van der Waals surface area contributed by atoms with E-state index in [-0.39, 0.29) is 17.7 Å². The summed E-state index contributed by atoms with van der Waals surface area (Å²) in [6.45, 7) is 5.11. The first-order valence-corrected chi connectivity index (χ1v) is 10.6. The molecule has 0 radical (unpaired) electrons. The highest BCUT2D eigenvalue weighted by Gasteiger charge is 2.29. The summed E-state index contributed by atoms with van der Waals surface area (Å²) in [6, 6.07) is 16.7. The number of anilines is 1. The van der Waals surface area contributed by atoms with E-state index >= 15 is 0 Å². The number of ketones is 1. The number of Topliss-reactive ketones (excluding diaryl/α,β-unsaturated/α-hetero) is 1. The fourth-order valence-electron chi connectivity index (χ4n) is 3.93. The monoisotopic (exact) mass is 417 g/mol. The molecule has 1 aliphatic heterocycles. The SMILES string of the molecule is CC(=O)c1ccc(NC(=O)C(C)N2CCC(c3nc(-c4ccccc4)n[nH]3)CC2)cc1. The number of amides is 1. The maximum absolute atomic E-state index is 12.7. The van der Waals surface area contributed by atoms with Crippen LogP contribution < -0.4 is 5.32 Å². The van der Waals surface area contributed by atoms with Gasteiger partial charge in [-0.2, -0.15) is 5.10 Å². The summed E-state index contributed by atoms with van der Waals surface area (Å²) < 4.78 is 0. The first-order valence-electron chi connectivity index (χ1n) is 10.6. The van der Waals surface area contributed by atoms with E-state index in [1.54, 1.807) is 24.3 Å². The summed E-state index contributed by atoms with van der Waals surface area (Å²) in [6.07, 6.45) is 1.85. The van der Waals surface area contributed by atoms with Gasteiger partial charge in [-0.3, -0.25) is 19.6 Å². The summed E-state index contributed by atoms with van der Waals surface area (Å²) in [5, 5.41) is 10.4. The van der Waals surface area contributed by atoms with Crippen molar-refractivity contribution >= 4 is 17.4 Å². The van der Waals surface area contributed by atoms with Crippen molar-refractivity contribution in [3.05, 3.63) is 66.0 Å². The predicted octanol–water partition coefficient (Wildman–Crippen LogP) is 3.88. The average Bonchev–Trinajstić information content (AvgIpc) is 3.30. The molecule has 1 aliphatic rings. The van der Waals surface area contributed by atoms with Gasteiger partial charge in [0.25, 0.3) is 0 Å². The molecule has 0 spiro atoms. The summed E-state index contributed by atoms with van der Waals surface area (Å²) >= 11 is 0. The number of benzene rings is 2. The third kappa shape index (κ3) is 4.88. The number of likely N-dealkylation sites (tertiary alicyclic amines) is 1. The van der Waals surface area contributed by atoms with E-state index in [0.29, 0.717) is 17.2 Å². The highest BCUT2D eigenvalue weighted by molar-refractivity contribution is 5.97. The van der Waals surface area contributed by atoms with Crippen LogP contribution in [0.5, 0.6) is 0 Å². The zero-order chi connectivity index (χ0) is 21.8. The van der Waals surface area contributed by atoms with Crippen LogP contribution in [0.25, 0.3) is 11.4 Å². The molecule has 3 aromatic rings. The van der Waals surface area contributed by atoms with Gasteiger partial charge in [-0.25, -0.2) is 4.98 Å². The molecule has 1 atom stereocenters. The molecule has 7 heteroatoms. The normalized spacial score (nSPS) is 16.1. The molecule has 0 saturated carbocycles. The van der Waals surface area contributed by atoms with Crippen LogP contribution in [0.15, 0.2) is 54.6 Å². The van der Waals surface area contributed by atoms with E-state index < -0.39 is 0 Å². The molecule has 1 amide bonds. The molecule has 0 aliphatic carbocycles. The Bertz CT molecular complexity index is 1040. The fourth-order valence-corrected chi connectivity index (χ4v) is 3.93. The molecular formula is C24H27N5O2. The van der Waals surface area contributed by atoms with Crippen LogP contribution in [0.4, 0.5) is 5.69 Å². The van der Waals surface area contributed by atoms with Crippen LogP contribution in [0.2, 0.25) is 0 Å². The Morgan fingerprint density at radius 2 is 1.74 bits per heavy atom. The minimum Gasteiger partial charge on any atom is -0.325 e. The highest BCUT2D eigenvalue weighted by Crippen LogP contribution is 2.28. The Hall–Kier alpha value is -3.32. The van der Waals surface area contributed by atoms with Gasteiger partial charge in [0.1, 0.15) is 5.82 Å². The molecule has 1 unspecified atom stereocenters. The van der Waals surface area contributed by atoms with Gasteiger partial charge < -0.3 is 5.32 Å². The van der Waals surface area contributed by atoms with Crippen LogP contribution in [0.3, 0.4) is 0 Å². The number of aromatic nitrogens is 3. The van der Waals surface area contributed by atoms with Crippen molar-refractivity contribution in [3.8, 4) is 11.4 Å². The number of nitrogens with zero attached hydrogens (tertiary/aromatic N) is 3. The number of carbonyl (C=O) groups is 2. The standard InChI is InChI=1S/C24H27N5O2/c1-16(24(31)25-21-10-8-18(9-11-21)17(2)30)29-14-12-20(13-15-29)23-26-22(27-28-23)19-6-4-3-5-7-19/h3-11,16,20H,12-15H2,1-2H3,(H,25,31)(H,26,27,28). The summed E-state index contributed by atoms with van der Waals surface area (Å²) in [7, 11) is 0. The van der Waals surface area contributed by atoms with Crippen molar-refractivity contribution in [1.82, 2.24) is 20.1 Å². The molecule has 1 aromatic heterocycles. The quantitative estimate of drug-likeness (QED) is 0.594. The molecule has 1 saturated heterocycles. The molecular weight excluding hydrogens is 390 g/mol. The van der Waals surface area contributed by atoms with Crippen molar-refractivity contribution in [2.24, 2.45) is 0 Å². The Morgan fingerprint density at radius 3 is 2.39 bits per heavy atom. The third-order valence-electron chi connectivity index (χ3n) is 5.94. The first-order chi connectivity index (χ1) is 15.0. The van der Waals surface area contributed by atoms with Crippen molar-refractivity contribution in [1.29, 1.82) is 0 Å². The van der Waals surface area contributed by atoms with E-state index in [1.807, 2.05) is 37.3 Å². The van der Waals surface area contributed by atoms with Crippen molar-refractivity contribution in [3.63, 3.8) is 0 Å². The van der Waals surface area contributed by atoms with Crippen molar-refractivity contribution in [2.45, 2.75) is 38.6 Å². The molecule has 1 fully saturated rings. The van der Waals surface area contributed by atoms with E-state index in [1.165, 1.54) is 6.92 Å². The number of H-pyrrole nitrogens is 1. The second-order valence-electron chi connectivity index (χ2n) is 8.02. The van der Waals surface area contributed by atoms with Crippen LogP contribution in [-0.2, 0) is 4.79 Å². The number of hydrogen-bond donors (Lipinski definition) is 2. The van der Waals surface area contributed by atoms with Crippen LogP contribution in [-0.4, -0.2) is 50.9 Å². The molecule has 2 heterocycles. The average molecular weight is 418 g/mol. The number of hydrogen-bond acceptors (Lipinski definition) is 5. The van der Waals surface area contributed by atoms with Gasteiger partial charge >= 0.3 is 0 Å². The Balaban J connectivity index is 1.31. The first kappa shape index (κ1) is 20.9. The molecule has 2 aromatic carbocycles. The van der Waals surface area contributed by atoms with Gasteiger partial charge in [0.2, 0.25) is 5.91 Å². The number of carbonyl (C=O) groups excluding carboxylic acids is 2. The maximum Gasteiger partial charge on any atom is 0.241 e. The van der Waals surface area contributed by atoms with E-state index in [0.717, 1.165) is 43.1 Å². The van der Waals surface area contributed by atoms with Gasteiger partial charge in [-0.15, -0.1) is 0 Å². The molecule has 160 valence electrons. The molecule has 0 bridgehead atoms. The smallest absolute Gasteiger partial charge is 0.241 e. The molecule has 2 N–H and O–H groups in total. The minimum absolute atomic E-state index is 0.0109. The van der Waals surface area contributed by atoms with Gasteiger partial charge in [-0.1, -0.05) is 30.3 Å². The number of rotatable bonds is 6. The summed E-state index contributed by atoms with van der Waals surface area (Å²) in [5.74, 6) is 1.93. The van der Waals surface area contributed by atoms with Crippen LogP contribution >= 0.6 is 0 Å². The largest absolute Gasteiger partial charge is 0.325 e. The lowest BCUT2D eigenvalue weighted by atomic mass is 9.95. The lowest BCUT2D eigenvalue weighted by Crippen LogP contribution is -2.45. The summed E-state index contributed by atoms with van der Waals surface area (Å²) in [4.78, 5) is 31.0.